The van der Waals surface area contributed by atoms with Crippen LogP contribution in [0.2, 0.25) is 10.0 Å². The van der Waals surface area contributed by atoms with Gasteiger partial charge in [-0.2, -0.15) is 0 Å². The van der Waals surface area contributed by atoms with Crippen LogP contribution >= 0.6 is 35.1 Å². The smallest absolute Gasteiger partial charge is 0.0750 e. The van der Waals surface area contributed by atoms with E-state index in [-0.39, 0.29) is 0 Å². The molecule has 0 bridgehead atoms. The summed E-state index contributed by atoms with van der Waals surface area (Å²) in [6, 6.07) is 3.61. The third kappa shape index (κ3) is 1.50. The maximum absolute atomic E-state index is 5.96. The second-order valence-electron chi connectivity index (χ2n) is 2.36. The van der Waals surface area contributed by atoms with Crippen molar-refractivity contribution in [2.75, 3.05) is 12.0 Å². The molecule has 64 valence electrons. The molecule has 0 amide bonds. The van der Waals surface area contributed by atoms with Gasteiger partial charge in [-0.25, -0.2) is 4.72 Å². The molecule has 0 saturated heterocycles. The number of halogens is 2. The molecule has 0 spiro atoms. The highest BCUT2D eigenvalue weighted by atomic mass is 35.5. The van der Waals surface area contributed by atoms with Crippen LogP contribution in [0.3, 0.4) is 0 Å². The van der Waals surface area contributed by atoms with Gasteiger partial charge in [-0.05, 0) is 24.1 Å². The lowest BCUT2D eigenvalue weighted by molar-refractivity contribution is 1.01. The van der Waals surface area contributed by atoms with Crippen molar-refractivity contribution in [3.63, 3.8) is 0 Å². The van der Waals surface area contributed by atoms with Crippen LogP contribution in [-0.2, 0) is 0 Å². The Labute approximate surface area is 84.8 Å². The number of rotatable bonds is 0. The Morgan fingerprint density at radius 2 is 2.17 bits per heavy atom. The molecule has 2 N–H and O–H groups in total. The number of fused-ring (bicyclic) bond motifs is 1. The molecule has 1 aliphatic rings. The Bertz CT molecular complexity index is 317. The lowest BCUT2D eigenvalue weighted by Crippen LogP contribution is -2.20. The molecule has 5 heteroatoms. The van der Waals surface area contributed by atoms with Gasteiger partial charge in [0, 0.05) is 5.02 Å². The van der Waals surface area contributed by atoms with Gasteiger partial charge in [0.1, 0.15) is 0 Å². The van der Waals surface area contributed by atoms with E-state index in [1.54, 1.807) is 6.07 Å². The number of hydrogen-bond donors (Lipinski definition) is 2. The molecule has 0 atom stereocenters. The molecule has 0 radical (unpaired) electrons. The Hall–Kier alpha value is -0.0900. The third-order valence-corrected chi connectivity index (χ3v) is 3.09. The Balaban J connectivity index is 2.53. The SMILES string of the molecule is Clc1cc(Cl)c2c(c1)NCNS2. The summed E-state index contributed by atoms with van der Waals surface area (Å²) < 4.78 is 3.08. The van der Waals surface area contributed by atoms with Gasteiger partial charge in [-0.3, -0.25) is 0 Å². The number of benzene rings is 1. The minimum absolute atomic E-state index is 0.661. The van der Waals surface area contributed by atoms with Crippen LogP contribution in [-0.4, -0.2) is 6.67 Å². The number of hydrogen-bond acceptors (Lipinski definition) is 3. The van der Waals surface area contributed by atoms with Crippen molar-refractivity contribution in [3.05, 3.63) is 22.2 Å². The van der Waals surface area contributed by atoms with E-state index in [9.17, 15) is 0 Å². The van der Waals surface area contributed by atoms with Crippen molar-refractivity contribution in [2.24, 2.45) is 0 Å². The van der Waals surface area contributed by atoms with Gasteiger partial charge >= 0.3 is 0 Å². The summed E-state index contributed by atoms with van der Waals surface area (Å²) >= 11 is 13.3. The van der Waals surface area contributed by atoms with Gasteiger partial charge in [0.25, 0.3) is 0 Å². The van der Waals surface area contributed by atoms with Crippen LogP contribution in [0.25, 0.3) is 0 Å². The lowest BCUT2D eigenvalue weighted by Gasteiger charge is -2.19. The summed E-state index contributed by atoms with van der Waals surface area (Å²) in [6.07, 6.45) is 0. The zero-order valence-corrected chi connectivity index (χ0v) is 8.35. The molecule has 0 fully saturated rings. The molecule has 0 saturated carbocycles. The Morgan fingerprint density at radius 3 is 3.00 bits per heavy atom. The first-order chi connectivity index (χ1) is 5.77. The van der Waals surface area contributed by atoms with E-state index < -0.39 is 0 Å². The van der Waals surface area contributed by atoms with E-state index in [2.05, 4.69) is 10.0 Å². The minimum Gasteiger partial charge on any atom is -0.371 e. The molecule has 0 unspecified atom stereocenters. The van der Waals surface area contributed by atoms with Crippen LogP contribution in [0.1, 0.15) is 0 Å². The molecule has 12 heavy (non-hydrogen) atoms. The van der Waals surface area contributed by atoms with Gasteiger partial charge in [0.15, 0.2) is 0 Å². The first-order valence-corrected chi connectivity index (χ1v) is 4.97. The van der Waals surface area contributed by atoms with Gasteiger partial charge in [-0.15, -0.1) is 0 Å². The second-order valence-corrected chi connectivity index (χ2v) is 4.11. The molecule has 2 nitrogen and oxygen atoms in total. The van der Waals surface area contributed by atoms with Crippen LogP contribution in [0, 0.1) is 0 Å². The molecular weight excluding hydrogens is 215 g/mol. The van der Waals surface area contributed by atoms with E-state index in [0.29, 0.717) is 10.0 Å². The summed E-state index contributed by atoms with van der Waals surface area (Å²) in [6.45, 7) is 0.730. The highest BCUT2D eigenvalue weighted by molar-refractivity contribution is 7.97. The largest absolute Gasteiger partial charge is 0.371 e. The summed E-state index contributed by atoms with van der Waals surface area (Å²) in [4.78, 5) is 1.01. The third-order valence-electron chi connectivity index (χ3n) is 1.53. The van der Waals surface area contributed by atoms with Crippen LogP contribution in [0.15, 0.2) is 17.0 Å². The van der Waals surface area contributed by atoms with Crippen LogP contribution < -0.4 is 10.0 Å². The average molecular weight is 221 g/mol. The predicted molar refractivity (Wildman–Crippen MR) is 53.9 cm³/mol. The molecule has 0 aliphatic carbocycles. The highest BCUT2D eigenvalue weighted by Crippen LogP contribution is 2.37. The van der Waals surface area contributed by atoms with E-state index in [1.807, 2.05) is 6.07 Å². The van der Waals surface area contributed by atoms with Crippen molar-refractivity contribution < 1.29 is 0 Å². The van der Waals surface area contributed by atoms with Crippen molar-refractivity contribution in [2.45, 2.75) is 4.90 Å². The standard InChI is InChI=1S/C7H6Cl2N2S/c8-4-1-5(9)7-6(2-4)10-3-11-12-7/h1-2,10-11H,3H2. The normalized spacial score (nSPS) is 15.2. The summed E-state index contributed by atoms with van der Waals surface area (Å²) in [5, 5.41) is 4.49. The highest BCUT2D eigenvalue weighted by Gasteiger charge is 2.12. The van der Waals surface area contributed by atoms with E-state index in [0.717, 1.165) is 17.3 Å². The van der Waals surface area contributed by atoms with Crippen molar-refractivity contribution in [3.8, 4) is 0 Å². The first kappa shape index (κ1) is 8.51. The monoisotopic (exact) mass is 220 g/mol. The fourth-order valence-corrected chi connectivity index (χ4v) is 2.33. The molecule has 1 aromatic carbocycles. The molecule has 0 aromatic heterocycles. The van der Waals surface area contributed by atoms with Crippen molar-refractivity contribution in [1.82, 2.24) is 4.72 Å². The van der Waals surface area contributed by atoms with Crippen LogP contribution in [0.4, 0.5) is 5.69 Å². The van der Waals surface area contributed by atoms with Gasteiger partial charge in [-0.1, -0.05) is 23.2 Å². The zero-order chi connectivity index (χ0) is 8.55. The molecular formula is C7H6Cl2N2S. The van der Waals surface area contributed by atoms with E-state index in [1.165, 1.54) is 11.9 Å². The summed E-state index contributed by atoms with van der Waals surface area (Å²) in [7, 11) is 0. The van der Waals surface area contributed by atoms with Gasteiger partial charge in [0.05, 0.1) is 22.3 Å². The maximum Gasteiger partial charge on any atom is 0.0750 e. The fraction of sp³-hybridized carbons (Fsp3) is 0.143. The van der Waals surface area contributed by atoms with E-state index in [4.69, 9.17) is 23.2 Å². The summed E-state index contributed by atoms with van der Waals surface area (Å²) in [5.74, 6) is 0. The van der Waals surface area contributed by atoms with Gasteiger partial charge < -0.3 is 5.32 Å². The Morgan fingerprint density at radius 1 is 1.33 bits per heavy atom. The molecule has 1 heterocycles. The quantitative estimate of drug-likeness (QED) is 0.658. The number of nitrogens with one attached hydrogen (secondary N) is 2. The topological polar surface area (TPSA) is 24.1 Å². The zero-order valence-electron chi connectivity index (χ0n) is 6.03. The Kier molecular flexibility index (Phi) is 2.37. The van der Waals surface area contributed by atoms with Crippen molar-refractivity contribution >= 4 is 40.8 Å². The van der Waals surface area contributed by atoms with E-state index >= 15 is 0 Å². The molecule has 2 rings (SSSR count). The lowest BCUT2D eigenvalue weighted by atomic mass is 10.3. The predicted octanol–water partition coefficient (Wildman–Crippen LogP) is 2.97. The second kappa shape index (κ2) is 3.34. The average Bonchev–Trinajstić information content (AvgIpc) is 2.04. The number of anilines is 1. The minimum atomic E-state index is 0.661. The van der Waals surface area contributed by atoms with Gasteiger partial charge in [0.2, 0.25) is 0 Å². The molecule has 1 aromatic rings. The van der Waals surface area contributed by atoms with Crippen LogP contribution in [0.5, 0.6) is 0 Å². The van der Waals surface area contributed by atoms with Crippen molar-refractivity contribution in [1.29, 1.82) is 0 Å². The fourth-order valence-electron chi connectivity index (χ4n) is 1.03. The first-order valence-electron chi connectivity index (χ1n) is 3.40. The summed E-state index contributed by atoms with van der Waals surface area (Å²) in [5.41, 5.74) is 0.997. The molecule has 1 aliphatic heterocycles. The maximum atomic E-state index is 5.96.